The van der Waals surface area contributed by atoms with Crippen LogP contribution in [0, 0.1) is 11.8 Å². The van der Waals surface area contributed by atoms with E-state index in [1.165, 1.54) is 0 Å². The molecule has 0 radical (unpaired) electrons. The molecule has 0 unspecified atom stereocenters. The lowest BCUT2D eigenvalue weighted by molar-refractivity contribution is -0.134. The Hall–Kier alpha value is -1.84. The molecule has 0 aliphatic heterocycles. The Morgan fingerprint density at radius 2 is 1.95 bits per heavy atom. The fraction of sp³-hybridized carbons (Fsp3) is 0.467. The minimum atomic E-state index is -0.366. The van der Waals surface area contributed by atoms with Crippen molar-refractivity contribution in [3.05, 3.63) is 35.9 Å². The van der Waals surface area contributed by atoms with Crippen molar-refractivity contribution in [2.24, 2.45) is 17.6 Å². The summed E-state index contributed by atoms with van der Waals surface area (Å²) in [7, 11) is 0. The second-order valence-corrected chi connectivity index (χ2v) is 5.28. The first kappa shape index (κ1) is 13.6. The van der Waals surface area contributed by atoms with Crippen LogP contribution in [0.4, 0.5) is 0 Å². The van der Waals surface area contributed by atoms with Gasteiger partial charge in [0.25, 0.3) is 0 Å². The van der Waals surface area contributed by atoms with Crippen molar-refractivity contribution < 1.29 is 9.59 Å². The highest BCUT2D eigenvalue weighted by Gasteiger charge is 2.41. The average molecular weight is 260 g/mol. The number of carbonyl (C=O) groups is 2. The molecule has 2 atom stereocenters. The molecule has 2 rings (SSSR count). The largest absolute Gasteiger partial charge is 0.370 e. The number of primary amides is 1. The summed E-state index contributed by atoms with van der Waals surface area (Å²) < 4.78 is 0. The Morgan fingerprint density at radius 1 is 1.32 bits per heavy atom. The quantitative estimate of drug-likeness (QED) is 0.843. The van der Waals surface area contributed by atoms with Crippen LogP contribution in [0.25, 0.3) is 0 Å². The summed E-state index contributed by atoms with van der Waals surface area (Å²) in [5.74, 6) is 0.392. The number of rotatable bonds is 6. The van der Waals surface area contributed by atoms with E-state index in [1.54, 1.807) is 4.90 Å². The van der Waals surface area contributed by atoms with Crippen molar-refractivity contribution in [3.63, 3.8) is 0 Å². The smallest absolute Gasteiger partial charge is 0.226 e. The van der Waals surface area contributed by atoms with E-state index in [9.17, 15) is 9.59 Å². The Kier molecular flexibility index (Phi) is 4.20. The van der Waals surface area contributed by atoms with Crippen LogP contribution in [0.15, 0.2) is 30.3 Å². The molecule has 0 spiro atoms. The summed E-state index contributed by atoms with van der Waals surface area (Å²) in [5.41, 5.74) is 6.25. The first-order chi connectivity index (χ1) is 9.08. The second kappa shape index (κ2) is 5.87. The zero-order valence-electron chi connectivity index (χ0n) is 11.2. The van der Waals surface area contributed by atoms with Gasteiger partial charge in [-0.25, -0.2) is 0 Å². The van der Waals surface area contributed by atoms with Gasteiger partial charge in [0.2, 0.25) is 11.8 Å². The van der Waals surface area contributed by atoms with Crippen molar-refractivity contribution >= 4 is 11.8 Å². The van der Waals surface area contributed by atoms with Gasteiger partial charge in [-0.15, -0.1) is 0 Å². The van der Waals surface area contributed by atoms with Crippen molar-refractivity contribution in [1.29, 1.82) is 0 Å². The van der Waals surface area contributed by atoms with E-state index in [-0.39, 0.29) is 24.2 Å². The van der Waals surface area contributed by atoms with Gasteiger partial charge in [-0.05, 0) is 17.9 Å². The van der Waals surface area contributed by atoms with Gasteiger partial charge in [-0.2, -0.15) is 0 Å². The maximum Gasteiger partial charge on any atom is 0.226 e. The highest BCUT2D eigenvalue weighted by molar-refractivity contribution is 5.82. The van der Waals surface area contributed by atoms with Gasteiger partial charge in [-0.1, -0.05) is 37.3 Å². The first-order valence-electron chi connectivity index (χ1n) is 6.69. The molecule has 0 saturated heterocycles. The molecule has 2 N–H and O–H groups in total. The Bertz CT molecular complexity index is 458. The molecule has 1 aliphatic carbocycles. The van der Waals surface area contributed by atoms with Crippen LogP contribution in [-0.2, 0) is 16.1 Å². The predicted octanol–water partition coefficient (Wildman–Crippen LogP) is 1.55. The molecule has 2 amide bonds. The van der Waals surface area contributed by atoms with Crippen LogP contribution in [0.2, 0.25) is 0 Å². The lowest BCUT2D eigenvalue weighted by Crippen LogP contribution is -2.35. The van der Waals surface area contributed by atoms with Crippen molar-refractivity contribution in [3.8, 4) is 0 Å². The Balaban J connectivity index is 2.01. The van der Waals surface area contributed by atoms with Gasteiger partial charge < -0.3 is 10.6 Å². The second-order valence-electron chi connectivity index (χ2n) is 5.28. The molecule has 0 aromatic heterocycles. The van der Waals surface area contributed by atoms with Gasteiger partial charge in [0.15, 0.2) is 0 Å². The monoisotopic (exact) mass is 260 g/mol. The minimum absolute atomic E-state index is 0.136. The zero-order chi connectivity index (χ0) is 13.8. The molecule has 1 aromatic rings. The third-order valence-corrected chi connectivity index (χ3v) is 3.58. The van der Waals surface area contributed by atoms with E-state index in [0.29, 0.717) is 19.0 Å². The van der Waals surface area contributed by atoms with Crippen LogP contribution < -0.4 is 5.73 Å². The molecule has 4 nitrogen and oxygen atoms in total. The highest BCUT2D eigenvalue weighted by Crippen LogP contribution is 2.39. The molecule has 0 heterocycles. The van der Waals surface area contributed by atoms with Gasteiger partial charge in [0.05, 0.1) is 0 Å². The number of hydrogen-bond acceptors (Lipinski definition) is 2. The van der Waals surface area contributed by atoms with E-state index < -0.39 is 0 Å². The predicted molar refractivity (Wildman–Crippen MR) is 72.9 cm³/mol. The molecule has 1 aliphatic rings. The molecule has 102 valence electrons. The lowest BCUT2D eigenvalue weighted by atomic mass is 10.2. The van der Waals surface area contributed by atoms with Gasteiger partial charge in [0, 0.05) is 25.4 Å². The topological polar surface area (TPSA) is 63.4 Å². The normalized spacial score (nSPS) is 20.9. The van der Waals surface area contributed by atoms with Crippen molar-refractivity contribution in [1.82, 2.24) is 4.90 Å². The van der Waals surface area contributed by atoms with E-state index in [1.807, 2.05) is 30.3 Å². The number of benzene rings is 1. The molecule has 1 saturated carbocycles. The molecule has 19 heavy (non-hydrogen) atoms. The molecule has 1 fully saturated rings. The van der Waals surface area contributed by atoms with E-state index >= 15 is 0 Å². The van der Waals surface area contributed by atoms with Crippen molar-refractivity contribution in [2.75, 3.05) is 6.54 Å². The zero-order valence-corrected chi connectivity index (χ0v) is 11.2. The number of hydrogen-bond donors (Lipinski definition) is 1. The number of amides is 2. The summed E-state index contributed by atoms with van der Waals surface area (Å²) in [6.45, 7) is 3.04. The molecule has 1 aromatic carbocycles. The van der Waals surface area contributed by atoms with E-state index in [4.69, 9.17) is 5.73 Å². The van der Waals surface area contributed by atoms with E-state index in [2.05, 4.69) is 6.92 Å². The van der Waals surface area contributed by atoms with Gasteiger partial charge in [-0.3, -0.25) is 9.59 Å². The van der Waals surface area contributed by atoms with Crippen LogP contribution in [0.5, 0.6) is 0 Å². The number of carbonyl (C=O) groups excluding carboxylic acids is 2. The maximum absolute atomic E-state index is 12.3. The first-order valence-corrected chi connectivity index (χ1v) is 6.69. The molecule has 4 heteroatoms. The third-order valence-electron chi connectivity index (χ3n) is 3.58. The lowest BCUT2D eigenvalue weighted by Gasteiger charge is -2.22. The van der Waals surface area contributed by atoms with Gasteiger partial charge in [0.1, 0.15) is 0 Å². The van der Waals surface area contributed by atoms with Crippen LogP contribution >= 0.6 is 0 Å². The van der Waals surface area contributed by atoms with E-state index in [0.717, 1.165) is 12.0 Å². The minimum Gasteiger partial charge on any atom is -0.370 e. The summed E-state index contributed by atoms with van der Waals surface area (Å²) in [4.78, 5) is 25.0. The summed E-state index contributed by atoms with van der Waals surface area (Å²) >= 11 is 0. The summed E-state index contributed by atoms with van der Waals surface area (Å²) in [5, 5.41) is 0. The van der Waals surface area contributed by atoms with Crippen LogP contribution in [0.1, 0.15) is 25.3 Å². The summed E-state index contributed by atoms with van der Waals surface area (Å²) in [6.07, 6.45) is 1.18. The fourth-order valence-electron chi connectivity index (χ4n) is 2.22. The fourth-order valence-corrected chi connectivity index (χ4v) is 2.22. The maximum atomic E-state index is 12.3. The SMILES string of the molecule is C[C@H]1C[C@@H]1C(=O)N(CCC(N)=O)Cc1ccccc1. The third kappa shape index (κ3) is 3.81. The summed E-state index contributed by atoms with van der Waals surface area (Å²) in [6, 6.07) is 9.82. The number of nitrogens with two attached hydrogens (primary N) is 1. The average Bonchev–Trinajstić information content (AvgIpc) is 3.12. The standard InChI is InChI=1S/C15H20N2O2/c1-11-9-13(11)15(19)17(8-7-14(16)18)10-12-5-3-2-4-6-12/h2-6,11,13H,7-10H2,1H3,(H2,16,18)/t11-,13-/m0/s1. The highest BCUT2D eigenvalue weighted by atomic mass is 16.2. The van der Waals surface area contributed by atoms with Crippen LogP contribution in [-0.4, -0.2) is 23.3 Å². The number of nitrogens with zero attached hydrogens (tertiary/aromatic N) is 1. The van der Waals surface area contributed by atoms with Crippen molar-refractivity contribution in [2.45, 2.75) is 26.3 Å². The molecule has 0 bridgehead atoms. The van der Waals surface area contributed by atoms with Gasteiger partial charge >= 0.3 is 0 Å². The molecular formula is C15H20N2O2. The Morgan fingerprint density at radius 3 is 2.47 bits per heavy atom. The van der Waals surface area contributed by atoms with Crippen LogP contribution in [0.3, 0.4) is 0 Å². The molecular weight excluding hydrogens is 240 g/mol. The Labute approximate surface area is 113 Å².